The van der Waals surface area contributed by atoms with Gasteiger partial charge in [-0.3, -0.25) is 0 Å². The molecule has 116 valence electrons. The Balaban J connectivity index is 1.67. The monoisotopic (exact) mass is 287 g/mol. The van der Waals surface area contributed by atoms with Crippen molar-refractivity contribution >= 4 is 5.52 Å². The van der Waals surface area contributed by atoms with E-state index < -0.39 is 0 Å². The highest BCUT2D eigenvalue weighted by atomic mass is 15.2. The standard InChI is InChI=1S/C18H29N3/c1-2-3-4-5-6-7-8-9-12-17(19)16-15-20-21-14-11-10-13-18(16)21/h10-11,13-15,17H,2-9,12,19H2,1H3. The number of pyridine rings is 1. The Morgan fingerprint density at radius 1 is 1.05 bits per heavy atom. The van der Waals surface area contributed by atoms with Crippen LogP contribution in [0.2, 0.25) is 0 Å². The summed E-state index contributed by atoms with van der Waals surface area (Å²) in [5, 5.41) is 4.36. The lowest BCUT2D eigenvalue weighted by Gasteiger charge is -2.10. The van der Waals surface area contributed by atoms with Crippen LogP contribution < -0.4 is 5.73 Å². The Labute approximate surface area is 128 Å². The predicted molar refractivity (Wildman–Crippen MR) is 89.3 cm³/mol. The lowest BCUT2D eigenvalue weighted by Crippen LogP contribution is -2.09. The van der Waals surface area contributed by atoms with E-state index in [1.165, 1.54) is 56.9 Å². The Hall–Kier alpha value is -1.35. The Bertz CT molecular complexity index is 518. The highest BCUT2D eigenvalue weighted by Gasteiger charge is 2.11. The van der Waals surface area contributed by atoms with E-state index in [0.717, 1.165) is 11.9 Å². The zero-order chi connectivity index (χ0) is 14.9. The van der Waals surface area contributed by atoms with Crippen molar-refractivity contribution in [2.45, 2.75) is 70.8 Å². The zero-order valence-corrected chi connectivity index (χ0v) is 13.3. The minimum atomic E-state index is 0.116. The van der Waals surface area contributed by atoms with E-state index in [1.807, 2.05) is 29.0 Å². The summed E-state index contributed by atoms with van der Waals surface area (Å²) in [6.45, 7) is 2.27. The van der Waals surface area contributed by atoms with Crippen molar-refractivity contribution in [2.75, 3.05) is 0 Å². The summed E-state index contributed by atoms with van der Waals surface area (Å²) in [7, 11) is 0. The topological polar surface area (TPSA) is 43.3 Å². The first kappa shape index (κ1) is 16.0. The highest BCUT2D eigenvalue weighted by Crippen LogP contribution is 2.22. The van der Waals surface area contributed by atoms with Gasteiger partial charge in [0.25, 0.3) is 0 Å². The average molecular weight is 287 g/mol. The van der Waals surface area contributed by atoms with E-state index in [-0.39, 0.29) is 6.04 Å². The molecule has 2 aromatic heterocycles. The van der Waals surface area contributed by atoms with Gasteiger partial charge in [0.2, 0.25) is 0 Å². The van der Waals surface area contributed by atoms with Crippen molar-refractivity contribution in [1.29, 1.82) is 0 Å². The second-order valence-electron chi connectivity index (χ2n) is 6.00. The normalized spacial score (nSPS) is 12.9. The summed E-state index contributed by atoms with van der Waals surface area (Å²) in [6.07, 6.45) is 15.7. The summed E-state index contributed by atoms with van der Waals surface area (Å²) in [4.78, 5) is 0. The molecule has 3 heteroatoms. The fourth-order valence-corrected chi connectivity index (χ4v) is 2.89. The van der Waals surface area contributed by atoms with Crippen LogP contribution in [0.1, 0.15) is 76.3 Å². The molecule has 2 aromatic rings. The fourth-order valence-electron chi connectivity index (χ4n) is 2.89. The summed E-state index contributed by atoms with van der Waals surface area (Å²) in [6, 6.07) is 6.25. The summed E-state index contributed by atoms with van der Waals surface area (Å²) < 4.78 is 1.91. The number of rotatable bonds is 10. The van der Waals surface area contributed by atoms with Gasteiger partial charge in [-0.1, -0.05) is 64.4 Å². The highest BCUT2D eigenvalue weighted by molar-refractivity contribution is 5.54. The molecule has 3 nitrogen and oxygen atoms in total. The SMILES string of the molecule is CCCCCCCCCCC(N)c1cnn2ccccc12. The van der Waals surface area contributed by atoms with Gasteiger partial charge < -0.3 is 5.73 Å². The van der Waals surface area contributed by atoms with Crippen LogP contribution in [-0.2, 0) is 0 Å². The molecule has 0 radical (unpaired) electrons. The Morgan fingerprint density at radius 3 is 2.52 bits per heavy atom. The molecule has 0 aromatic carbocycles. The van der Waals surface area contributed by atoms with E-state index in [2.05, 4.69) is 18.1 Å². The third kappa shape index (κ3) is 4.85. The first-order valence-electron chi connectivity index (χ1n) is 8.50. The molecular formula is C18H29N3. The van der Waals surface area contributed by atoms with Crippen molar-refractivity contribution in [3.05, 3.63) is 36.2 Å². The van der Waals surface area contributed by atoms with E-state index in [9.17, 15) is 0 Å². The van der Waals surface area contributed by atoms with Gasteiger partial charge in [0.1, 0.15) is 0 Å². The number of unbranched alkanes of at least 4 members (excludes halogenated alkanes) is 7. The first-order chi connectivity index (χ1) is 10.3. The molecule has 2 N–H and O–H groups in total. The first-order valence-corrected chi connectivity index (χ1v) is 8.50. The molecule has 2 heterocycles. The fraction of sp³-hybridized carbons (Fsp3) is 0.611. The van der Waals surface area contributed by atoms with E-state index in [1.54, 1.807) is 0 Å². The molecule has 0 saturated carbocycles. The third-order valence-corrected chi connectivity index (χ3v) is 4.22. The summed E-state index contributed by atoms with van der Waals surface area (Å²) in [5.41, 5.74) is 8.65. The quantitative estimate of drug-likeness (QED) is 0.634. The van der Waals surface area contributed by atoms with Gasteiger partial charge in [-0.05, 0) is 18.6 Å². The van der Waals surface area contributed by atoms with Gasteiger partial charge >= 0.3 is 0 Å². The van der Waals surface area contributed by atoms with Crippen molar-refractivity contribution in [3.8, 4) is 0 Å². The number of nitrogens with two attached hydrogens (primary N) is 1. The van der Waals surface area contributed by atoms with Crippen molar-refractivity contribution in [2.24, 2.45) is 5.73 Å². The second kappa shape index (κ2) is 8.83. The van der Waals surface area contributed by atoms with Crippen molar-refractivity contribution in [3.63, 3.8) is 0 Å². The van der Waals surface area contributed by atoms with Crippen LogP contribution in [0.4, 0.5) is 0 Å². The largest absolute Gasteiger partial charge is 0.324 e. The number of aromatic nitrogens is 2. The molecule has 2 rings (SSSR count). The van der Waals surface area contributed by atoms with Gasteiger partial charge in [0.15, 0.2) is 0 Å². The molecule has 0 bridgehead atoms. The van der Waals surface area contributed by atoms with Crippen molar-refractivity contribution < 1.29 is 0 Å². The maximum atomic E-state index is 6.33. The lowest BCUT2D eigenvalue weighted by molar-refractivity contribution is 0.537. The maximum Gasteiger partial charge on any atom is 0.0709 e. The molecule has 0 aliphatic rings. The Kier molecular flexibility index (Phi) is 6.74. The molecule has 1 atom stereocenters. The predicted octanol–water partition coefficient (Wildman–Crippen LogP) is 4.86. The molecule has 0 fully saturated rings. The van der Waals surface area contributed by atoms with Gasteiger partial charge in [-0.2, -0.15) is 5.10 Å². The van der Waals surface area contributed by atoms with Crippen LogP contribution in [0, 0.1) is 0 Å². The maximum absolute atomic E-state index is 6.33. The van der Waals surface area contributed by atoms with Crippen molar-refractivity contribution in [1.82, 2.24) is 9.61 Å². The minimum absolute atomic E-state index is 0.116. The van der Waals surface area contributed by atoms with Crippen LogP contribution in [0.5, 0.6) is 0 Å². The molecule has 1 unspecified atom stereocenters. The van der Waals surface area contributed by atoms with E-state index in [0.29, 0.717) is 0 Å². The number of nitrogens with zero attached hydrogens (tertiary/aromatic N) is 2. The smallest absolute Gasteiger partial charge is 0.0709 e. The lowest BCUT2D eigenvalue weighted by atomic mass is 10.0. The number of hydrogen-bond acceptors (Lipinski definition) is 2. The third-order valence-electron chi connectivity index (χ3n) is 4.22. The molecule has 0 amide bonds. The van der Waals surface area contributed by atoms with Gasteiger partial charge in [-0.15, -0.1) is 0 Å². The number of hydrogen-bond donors (Lipinski definition) is 1. The molecule has 0 aliphatic heterocycles. The molecule has 0 spiro atoms. The molecule has 21 heavy (non-hydrogen) atoms. The van der Waals surface area contributed by atoms with Crippen LogP contribution >= 0.6 is 0 Å². The van der Waals surface area contributed by atoms with Gasteiger partial charge in [0, 0.05) is 17.8 Å². The van der Waals surface area contributed by atoms with Crippen LogP contribution in [-0.4, -0.2) is 9.61 Å². The van der Waals surface area contributed by atoms with Gasteiger partial charge in [0.05, 0.1) is 11.7 Å². The minimum Gasteiger partial charge on any atom is -0.324 e. The molecule has 0 aliphatic carbocycles. The van der Waals surface area contributed by atoms with E-state index >= 15 is 0 Å². The van der Waals surface area contributed by atoms with Crippen LogP contribution in [0.25, 0.3) is 5.52 Å². The molecular weight excluding hydrogens is 258 g/mol. The average Bonchev–Trinajstić information content (AvgIpc) is 2.94. The van der Waals surface area contributed by atoms with E-state index in [4.69, 9.17) is 5.73 Å². The zero-order valence-electron chi connectivity index (χ0n) is 13.3. The second-order valence-corrected chi connectivity index (χ2v) is 6.00. The molecule has 0 saturated heterocycles. The van der Waals surface area contributed by atoms with Crippen LogP contribution in [0.3, 0.4) is 0 Å². The van der Waals surface area contributed by atoms with Gasteiger partial charge in [-0.25, -0.2) is 4.52 Å². The van der Waals surface area contributed by atoms with Crippen LogP contribution in [0.15, 0.2) is 30.6 Å². The number of fused-ring (bicyclic) bond motifs is 1. The summed E-state index contributed by atoms with van der Waals surface area (Å²) >= 11 is 0. The Morgan fingerprint density at radius 2 is 1.76 bits per heavy atom. The summed E-state index contributed by atoms with van der Waals surface area (Å²) in [5.74, 6) is 0.